The fraction of sp³-hybridized carbons (Fsp3) is 0.364. The lowest BCUT2D eigenvalue weighted by atomic mass is 9.95. The normalized spacial score (nSPS) is 15.0. The molecule has 0 bridgehead atoms. The molecule has 0 saturated heterocycles. The van der Waals surface area contributed by atoms with Gasteiger partial charge in [-0.2, -0.15) is 0 Å². The van der Waals surface area contributed by atoms with Gasteiger partial charge >= 0.3 is 0 Å². The van der Waals surface area contributed by atoms with E-state index in [1.54, 1.807) is 7.11 Å². The third-order valence-electron chi connectivity index (χ3n) is 5.31. The Morgan fingerprint density at radius 2 is 1.85 bits per heavy atom. The van der Waals surface area contributed by atoms with Gasteiger partial charge in [0.15, 0.2) is 0 Å². The number of imidazole rings is 1. The van der Waals surface area contributed by atoms with Crippen LogP contribution in [0.3, 0.4) is 0 Å². The highest BCUT2D eigenvalue weighted by Crippen LogP contribution is 2.34. The lowest BCUT2D eigenvalue weighted by Gasteiger charge is -2.25. The minimum absolute atomic E-state index is 0.0486. The Balaban J connectivity index is 1.57. The molecule has 1 fully saturated rings. The molecule has 1 heterocycles. The van der Waals surface area contributed by atoms with Crippen LogP contribution in [0.15, 0.2) is 48.5 Å². The number of methoxy groups -OCH3 is 1. The maximum absolute atomic E-state index is 12.7. The van der Waals surface area contributed by atoms with Gasteiger partial charge in [0.25, 0.3) is 0 Å². The van der Waals surface area contributed by atoms with Gasteiger partial charge in [-0.3, -0.25) is 10.1 Å². The summed E-state index contributed by atoms with van der Waals surface area (Å²) in [5.74, 6) is 1.41. The van der Waals surface area contributed by atoms with E-state index in [0.717, 1.165) is 35.2 Å². The van der Waals surface area contributed by atoms with Crippen molar-refractivity contribution in [1.82, 2.24) is 9.55 Å². The van der Waals surface area contributed by atoms with Crippen LogP contribution in [0.25, 0.3) is 11.0 Å². The minimum Gasteiger partial charge on any atom is -0.497 e. The fourth-order valence-corrected chi connectivity index (χ4v) is 3.94. The Bertz CT molecular complexity index is 924. The van der Waals surface area contributed by atoms with E-state index in [1.165, 1.54) is 19.3 Å². The van der Waals surface area contributed by atoms with Crippen LogP contribution < -0.4 is 10.1 Å². The average molecular weight is 363 g/mol. The molecule has 0 unspecified atom stereocenters. The number of para-hydroxylation sites is 2. The topological polar surface area (TPSA) is 56.1 Å². The molecule has 1 aliphatic rings. The van der Waals surface area contributed by atoms with Gasteiger partial charge in [0.2, 0.25) is 11.9 Å². The first-order chi connectivity index (χ1) is 13.2. The van der Waals surface area contributed by atoms with E-state index in [9.17, 15) is 4.79 Å². The van der Waals surface area contributed by atoms with E-state index in [1.807, 2.05) is 42.5 Å². The van der Waals surface area contributed by atoms with Crippen molar-refractivity contribution in [2.45, 2.75) is 44.6 Å². The van der Waals surface area contributed by atoms with Crippen LogP contribution in [0.5, 0.6) is 5.75 Å². The van der Waals surface area contributed by atoms with E-state index in [-0.39, 0.29) is 5.91 Å². The zero-order valence-corrected chi connectivity index (χ0v) is 15.6. The molecule has 27 heavy (non-hydrogen) atoms. The van der Waals surface area contributed by atoms with Gasteiger partial charge in [-0.1, -0.05) is 43.5 Å². The summed E-state index contributed by atoms with van der Waals surface area (Å²) in [6, 6.07) is 16.1. The second-order valence-electron chi connectivity index (χ2n) is 7.16. The van der Waals surface area contributed by atoms with Crippen molar-refractivity contribution in [3.63, 3.8) is 0 Å². The summed E-state index contributed by atoms with van der Waals surface area (Å²) in [6.45, 7) is 0. The predicted molar refractivity (Wildman–Crippen MR) is 107 cm³/mol. The van der Waals surface area contributed by atoms with Crippen LogP contribution in [-0.2, 0) is 11.2 Å². The molecule has 0 atom stereocenters. The number of aromatic nitrogens is 2. The van der Waals surface area contributed by atoms with Gasteiger partial charge in [0.05, 0.1) is 24.6 Å². The molecule has 140 valence electrons. The van der Waals surface area contributed by atoms with Gasteiger partial charge in [0, 0.05) is 6.04 Å². The molecule has 1 saturated carbocycles. The van der Waals surface area contributed by atoms with Gasteiger partial charge in [-0.05, 0) is 42.7 Å². The molecular formula is C22H25N3O2. The molecule has 0 radical (unpaired) electrons. The molecule has 1 aromatic heterocycles. The average Bonchev–Trinajstić information content (AvgIpc) is 3.06. The van der Waals surface area contributed by atoms with Crippen molar-refractivity contribution >= 4 is 22.9 Å². The number of carbonyl (C=O) groups excluding carboxylic acids is 1. The van der Waals surface area contributed by atoms with Crippen molar-refractivity contribution in [1.29, 1.82) is 0 Å². The zero-order chi connectivity index (χ0) is 18.6. The number of benzene rings is 2. The molecule has 1 N–H and O–H groups in total. The molecular weight excluding hydrogens is 338 g/mol. The number of carbonyl (C=O) groups is 1. The summed E-state index contributed by atoms with van der Waals surface area (Å²) in [7, 11) is 1.64. The van der Waals surface area contributed by atoms with Crippen LogP contribution in [0.4, 0.5) is 5.95 Å². The highest BCUT2D eigenvalue weighted by molar-refractivity contribution is 5.93. The molecule has 1 aliphatic carbocycles. The highest BCUT2D eigenvalue weighted by atomic mass is 16.5. The predicted octanol–water partition coefficient (Wildman–Crippen LogP) is 4.73. The van der Waals surface area contributed by atoms with E-state index in [0.29, 0.717) is 18.4 Å². The number of fused-ring (bicyclic) bond motifs is 1. The number of hydrogen-bond acceptors (Lipinski definition) is 3. The number of nitrogens with one attached hydrogen (secondary N) is 1. The Hall–Kier alpha value is -2.82. The van der Waals surface area contributed by atoms with E-state index in [2.05, 4.69) is 16.0 Å². The number of nitrogens with zero attached hydrogens (tertiary/aromatic N) is 2. The number of anilines is 1. The maximum Gasteiger partial charge on any atom is 0.231 e. The molecule has 5 heteroatoms. The molecule has 1 amide bonds. The minimum atomic E-state index is -0.0486. The fourth-order valence-electron chi connectivity index (χ4n) is 3.94. The first-order valence-corrected chi connectivity index (χ1v) is 9.64. The molecule has 4 rings (SSSR count). The summed E-state index contributed by atoms with van der Waals surface area (Å²) >= 11 is 0. The third kappa shape index (κ3) is 3.82. The first-order valence-electron chi connectivity index (χ1n) is 9.64. The zero-order valence-electron chi connectivity index (χ0n) is 15.6. The molecule has 0 aliphatic heterocycles. The van der Waals surface area contributed by atoms with Crippen molar-refractivity contribution in [3.05, 3.63) is 54.1 Å². The van der Waals surface area contributed by atoms with Crippen molar-refractivity contribution in [2.24, 2.45) is 0 Å². The SMILES string of the molecule is COc1ccc(CC(=O)Nc2nc3ccccc3n2C2CCCCC2)cc1. The maximum atomic E-state index is 12.7. The summed E-state index contributed by atoms with van der Waals surface area (Å²) in [5.41, 5.74) is 2.99. The number of rotatable bonds is 5. The second-order valence-corrected chi connectivity index (χ2v) is 7.16. The number of hydrogen-bond donors (Lipinski definition) is 1. The van der Waals surface area contributed by atoms with Gasteiger partial charge in [-0.25, -0.2) is 4.98 Å². The monoisotopic (exact) mass is 363 g/mol. The molecule has 2 aromatic carbocycles. The van der Waals surface area contributed by atoms with Gasteiger partial charge in [0.1, 0.15) is 5.75 Å². The Kier molecular flexibility index (Phi) is 5.10. The van der Waals surface area contributed by atoms with Crippen molar-refractivity contribution in [3.8, 4) is 5.75 Å². The lowest BCUT2D eigenvalue weighted by molar-refractivity contribution is -0.115. The Labute approximate surface area is 159 Å². The number of amides is 1. The van der Waals surface area contributed by atoms with Crippen molar-refractivity contribution in [2.75, 3.05) is 12.4 Å². The van der Waals surface area contributed by atoms with Gasteiger partial charge in [-0.15, -0.1) is 0 Å². The van der Waals surface area contributed by atoms with Crippen molar-refractivity contribution < 1.29 is 9.53 Å². The van der Waals surface area contributed by atoms with Crippen LogP contribution in [0.1, 0.15) is 43.7 Å². The Morgan fingerprint density at radius 3 is 2.59 bits per heavy atom. The number of ether oxygens (including phenoxy) is 1. The Morgan fingerprint density at radius 1 is 1.11 bits per heavy atom. The summed E-state index contributed by atoms with van der Waals surface area (Å²) < 4.78 is 7.41. The van der Waals surface area contributed by atoms with Crippen LogP contribution in [-0.4, -0.2) is 22.6 Å². The highest BCUT2D eigenvalue weighted by Gasteiger charge is 2.22. The summed E-state index contributed by atoms with van der Waals surface area (Å²) in [5, 5.41) is 3.06. The van der Waals surface area contributed by atoms with E-state index >= 15 is 0 Å². The van der Waals surface area contributed by atoms with Crippen LogP contribution in [0, 0.1) is 0 Å². The lowest BCUT2D eigenvalue weighted by Crippen LogP contribution is -2.21. The van der Waals surface area contributed by atoms with Gasteiger partial charge < -0.3 is 9.30 Å². The largest absolute Gasteiger partial charge is 0.497 e. The molecule has 0 spiro atoms. The molecule has 5 nitrogen and oxygen atoms in total. The third-order valence-corrected chi connectivity index (χ3v) is 5.31. The standard InChI is InChI=1S/C22H25N3O2/c1-27-18-13-11-16(12-14-18)15-21(26)24-22-23-19-9-5-6-10-20(19)25(22)17-7-3-2-4-8-17/h5-6,9-14,17H,2-4,7-8,15H2,1H3,(H,23,24,26). The quantitative estimate of drug-likeness (QED) is 0.713. The van der Waals surface area contributed by atoms with Crippen LogP contribution in [0.2, 0.25) is 0 Å². The second kappa shape index (κ2) is 7.82. The first kappa shape index (κ1) is 17.6. The smallest absolute Gasteiger partial charge is 0.231 e. The van der Waals surface area contributed by atoms with E-state index < -0.39 is 0 Å². The summed E-state index contributed by atoms with van der Waals surface area (Å²) in [4.78, 5) is 17.4. The molecule has 3 aromatic rings. The van der Waals surface area contributed by atoms with Crippen LogP contribution >= 0.6 is 0 Å². The summed E-state index contributed by atoms with van der Waals surface area (Å²) in [6.07, 6.45) is 6.36. The van der Waals surface area contributed by atoms with E-state index in [4.69, 9.17) is 9.72 Å².